The van der Waals surface area contributed by atoms with Crippen molar-refractivity contribution < 1.29 is 9.53 Å². The fourth-order valence-electron chi connectivity index (χ4n) is 1.63. The van der Waals surface area contributed by atoms with E-state index in [-0.39, 0.29) is 0 Å². The van der Waals surface area contributed by atoms with Gasteiger partial charge in [0, 0.05) is 18.5 Å². The minimum absolute atomic E-state index is 0.681. The summed E-state index contributed by atoms with van der Waals surface area (Å²) in [6, 6.07) is 11.5. The van der Waals surface area contributed by atoms with Gasteiger partial charge in [0.15, 0.2) is 0 Å². The Kier molecular flexibility index (Phi) is 5.02. The molecular weight excluding hydrogens is 264 g/mol. The topological polar surface area (TPSA) is 63.0 Å². The molecule has 0 unspecified atom stereocenters. The summed E-state index contributed by atoms with van der Waals surface area (Å²) in [5.74, 6) is -0.681. The van der Waals surface area contributed by atoms with Crippen LogP contribution in [0.15, 0.2) is 54.9 Å². The van der Waals surface area contributed by atoms with Gasteiger partial charge in [0.1, 0.15) is 0 Å². The van der Waals surface area contributed by atoms with Crippen molar-refractivity contribution in [3.8, 4) is 6.26 Å². The Morgan fingerprint density at radius 3 is 2.05 bits per heavy atom. The molecule has 0 saturated carbocycles. The van der Waals surface area contributed by atoms with Crippen LogP contribution in [-0.2, 0) is 9.53 Å². The maximum Gasteiger partial charge on any atom is 0.346 e. The number of ether oxygens (including phenoxy) is 1. The van der Waals surface area contributed by atoms with Gasteiger partial charge in [0.2, 0.25) is 0 Å². The predicted octanol–water partition coefficient (Wildman–Crippen LogP) is 3.29. The number of benzene rings is 1. The van der Waals surface area contributed by atoms with Crippen LogP contribution in [-0.4, -0.2) is 11.0 Å². The number of hydrogen-bond donors (Lipinski definition) is 0. The van der Waals surface area contributed by atoms with Crippen LogP contribution in [0.5, 0.6) is 0 Å². The molecule has 0 aliphatic heterocycles. The molecule has 0 saturated heterocycles. The minimum atomic E-state index is -0.681. The van der Waals surface area contributed by atoms with Crippen molar-refractivity contribution in [2.24, 2.45) is 0 Å². The maximum atomic E-state index is 11.0. The third-order valence-electron chi connectivity index (χ3n) is 2.67. The lowest BCUT2D eigenvalue weighted by atomic mass is 10.1. The number of carbonyl (C=O) groups excluding carboxylic acids is 1. The van der Waals surface area contributed by atoms with Crippen molar-refractivity contribution in [2.75, 3.05) is 0 Å². The van der Waals surface area contributed by atoms with Gasteiger partial charge >= 0.3 is 5.97 Å². The highest BCUT2D eigenvalue weighted by Gasteiger charge is 1.95. The van der Waals surface area contributed by atoms with Crippen molar-refractivity contribution >= 4 is 24.2 Å². The molecule has 0 aliphatic rings. The standard InChI is InChI=1S/C17H12N2O2/c18-13-21-17(20)8-7-15-3-1-14(2-4-15)5-6-16-9-11-19-12-10-16/h1-12H. The van der Waals surface area contributed by atoms with Gasteiger partial charge in [-0.3, -0.25) is 4.98 Å². The predicted molar refractivity (Wildman–Crippen MR) is 80.3 cm³/mol. The second-order valence-corrected chi connectivity index (χ2v) is 4.13. The van der Waals surface area contributed by atoms with Crippen molar-refractivity contribution in [3.63, 3.8) is 0 Å². The van der Waals surface area contributed by atoms with E-state index in [2.05, 4.69) is 9.72 Å². The van der Waals surface area contributed by atoms with Crippen molar-refractivity contribution in [1.82, 2.24) is 4.98 Å². The Labute approximate surface area is 122 Å². The molecule has 2 rings (SSSR count). The summed E-state index contributed by atoms with van der Waals surface area (Å²) in [5.41, 5.74) is 2.97. The third-order valence-corrected chi connectivity index (χ3v) is 2.67. The van der Waals surface area contributed by atoms with E-state index in [0.29, 0.717) is 0 Å². The van der Waals surface area contributed by atoms with E-state index >= 15 is 0 Å². The fraction of sp³-hybridized carbons (Fsp3) is 0. The minimum Gasteiger partial charge on any atom is -0.347 e. The van der Waals surface area contributed by atoms with E-state index in [1.807, 2.05) is 48.6 Å². The van der Waals surface area contributed by atoms with Crippen LogP contribution in [0.1, 0.15) is 16.7 Å². The average molecular weight is 276 g/mol. The molecule has 0 aliphatic carbocycles. The van der Waals surface area contributed by atoms with Crippen LogP contribution in [0.3, 0.4) is 0 Å². The van der Waals surface area contributed by atoms with Crippen LogP contribution in [0.2, 0.25) is 0 Å². The Bertz CT molecular complexity index is 696. The molecule has 2 aromatic rings. The number of nitrogens with zero attached hydrogens (tertiary/aromatic N) is 2. The smallest absolute Gasteiger partial charge is 0.346 e. The summed E-state index contributed by atoms with van der Waals surface area (Å²) in [4.78, 5) is 15.0. The molecule has 0 bridgehead atoms. The lowest BCUT2D eigenvalue weighted by Crippen LogP contribution is -1.92. The lowest BCUT2D eigenvalue weighted by molar-refractivity contribution is -0.131. The number of hydrogen-bond acceptors (Lipinski definition) is 4. The summed E-state index contributed by atoms with van der Waals surface area (Å²) < 4.78 is 4.14. The van der Waals surface area contributed by atoms with E-state index in [1.54, 1.807) is 18.5 Å². The monoisotopic (exact) mass is 276 g/mol. The molecule has 4 heteroatoms. The second-order valence-electron chi connectivity index (χ2n) is 4.13. The molecule has 0 fully saturated rings. The van der Waals surface area contributed by atoms with Crippen LogP contribution >= 0.6 is 0 Å². The zero-order valence-electron chi connectivity index (χ0n) is 11.1. The zero-order valence-corrected chi connectivity index (χ0v) is 11.1. The number of nitriles is 1. The van der Waals surface area contributed by atoms with E-state index in [4.69, 9.17) is 5.26 Å². The number of esters is 1. The summed E-state index contributed by atoms with van der Waals surface area (Å²) in [7, 11) is 0. The zero-order chi connectivity index (χ0) is 14.9. The van der Waals surface area contributed by atoms with E-state index in [9.17, 15) is 4.79 Å². The highest BCUT2D eigenvalue weighted by Crippen LogP contribution is 2.10. The maximum absolute atomic E-state index is 11.0. The largest absolute Gasteiger partial charge is 0.347 e. The van der Waals surface area contributed by atoms with Gasteiger partial charge in [-0.2, -0.15) is 0 Å². The number of rotatable bonds is 4. The number of aromatic nitrogens is 1. The van der Waals surface area contributed by atoms with Crippen molar-refractivity contribution in [3.05, 3.63) is 71.6 Å². The Morgan fingerprint density at radius 2 is 1.48 bits per heavy atom. The first-order valence-electron chi connectivity index (χ1n) is 6.24. The van der Waals surface area contributed by atoms with Gasteiger partial charge < -0.3 is 4.74 Å². The molecule has 21 heavy (non-hydrogen) atoms. The highest BCUT2D eigenvalue weighted by atomic mass is 16.5. The molecule has 1 aromatic carbocycles. The van der Waals surface area contributed by atoms with Gasteiger partial charge in [0.05, 0.1) is 0 Å². The first-order chi connectivity index (χ1) is 10.3. The number of carbonyl (C=O) groups is 1. The van der Waals surface area contributed by atoms with Crippen molar-refractivity contribution in [2.45, 2.75) is 0 Å². The molecule has 0 spiro atoms. The molecule has 0 amide bonds. The Morgan fingerprint density at radius 1 is 0.952 bits per heavy atom. The van der Waals surface area contributed by atoms with Gasteiger partial charge in [-0.05, 0) is 34.9 Å². The van der Waals surface area contributed by atoms with Gasteiger partial charge in [0.25, 0.3) is 6.26 Å². The summed E-state index contributed by atoms with van der Waals surface area (Å²) >= 11 is 0. The molecule has 1 heterocycles. The van der Waals surface area contributed by atoms with Crippen LogP contribution < -0.4 is 0 Å². The van der Waals surface area contributed by atoms with Gasteiger partial charge in [-0.1, -0.05) is 36.4 Å². The van der Waals surface area contributed by atoms with Gasteiger partial charge in [-0.25, -0.2) is 4.79 Å². The molecule has 0 radical (unpaired) electrons. The van der Waals surface area contributed by atoms with Crippen LogP contribution in [0.25, 0.3) is 18.2 Å². The SMILES string of the molecule is N#COC(=O)C=Cc1ccc(C=Cc2ccncc2)cc1. The molecular formula is C17H12N2O2. The third kappa shape index (κ3) is 4.77. The first kappa shape index (κ1) is 14.2. The lowest BCUT2D eigenvalue weighted by Gasteiger charge is -1.96. The first-order valence-corrected chi connectivity index (χ1v) is 6.24. The van der Waals surface area contributed by atoms with E-state index in [0.717, 1.165) is 16.7 Å². The van der Waals surface area contributed by atoms with Crippen LogP contribution in [0, 0.1) is 11.5 Å². The highest BCUT2D eigenvalue weighted by molar-refractivity contribution is 5.87. The second kappa shape index (κ2) is 7.41. The quantitative estimate of drug-likeness (QED) is 0.488. The normalized spacial score (nSPS) is 10.6. The average Bonchev–Trinajstić information content (AvgIpc) is 2.53. The van der Waals surface area contributed by atoms with E-state index < -0.39 is 5.97 Å². The Balaban J connectivity index is 2.01. The Hall–Kier alpha value is -3.19. The van der Waals surface area contributed by atoms with E-state index in [1.165, 1.54) is 12.3 Å². The van der Waals surface area contributed by atoms with Gasteiger partial charge in [-0.15, -0.1) is 5.26 Å². The molecule has 0 N–H and O–H groups in total. The van der Waals surface area contributed by atoms with Crippen LogP contribution in [0.4, 0.5) is 0 Å². The molecule has 1 aromatic heterocycles. The summed E-state index contributed by atoms with van der Waals surface area (Å²) in [6.45, 7) is 0. The number of pyridine rings is 1. The fourth-order valence-corrected chi connectivity index (χ4v) is 1.63. The van der Waals surface area contributed by atoms with Crippen molar-refractivity contribution in [1.29, 1.82) is 5.26 Å². The molecule has 0 atom stereocenters. The summed E-state index contributed by atoms with van der Waals surface area (Å²) in [6.07, 6.45) is 11.6. The molecule has 102 valence electrons. The molecule has 4 nitrogen and oxygen atoms in total. The summed E-state index contributed by atoms with van der Waals surface area (Å²) in [5, 5.41) is 8.18.